The minimum Gasteiger partial charge on any atom is -0.494 e. The van der Waals surface area contributed by atoms with Crippen LogP contribution in [0.25, 0.3) is 0 Å². The number of methoxy groups -OCH3 is 1. The maximum absolute atomic E-state index is 13.9. The van der Waals surface area contributed by atoms with Crippen LogP contribution in [0, 0.1) is 5.82 Å². The van der Waals surface area contributed by atoms with E-state index in [1.807, 2.05) is 0 Å². The maximum atomic E-state index is 13.9. The van der Waals surface area contributed by atoms with Crippen LogP contribution in [-0.2, 0) is 19.6 Å². The Labute approximate surface area is 150 Å². The van der Waals surface area contributed by atoms with E-state index in [4.69, 9.17) is 9.47 Å². The standard InChI is InChI=1S/C18H16FNO5S/c1-24-17-8-7-12(9-16(17)19)15-11-25-18(21)14(15)10-20-26(22,23)13-5-3-2-4-6-13/h2-10,15,20H,11H2,1H3. The molecule has 2 aromatic carbocycles. The molecule has 1 unspecified atom stereocenters. The smallest absolute Gasteiger partial charge is 0.336 e. The Morgan fingerprint density at radius 2 is 1.96 bits per heavy atom. The van der Waals surface area contributed by atoms with Crippen LogP contribution < -0.4 is 9.46 Å². The summed E-state index contributed by atoms with van der Waals surface area (Å²) in [5.74, 6) is -1.73. The molecule has 0 amide bonds. The van der Waals surface area contributed by atoms with Gasteiger partial charge in [0, 0.05) is 6.20 Å². The topological polar surface area (TPSA) is 81.7 Å². The van der Waals surface area contributed by atoms with Crippen molar-refractivity contribution in [2.75, 3.05) is 13.7 Å². The molecule has 2 aromatic rings. The first-order valence-electron chi connectivity index (χ1n) is 7.70. The summed E-state index contributed by atoms with van der Waals surface area (Å²) >= 11 is 0. The summed E-state index contributed by atoms with van der Waals surface area (Å²) in [6.07, 6.45) is 1.10. The highest BCUT2D eigenvalue weighted by Gasteiger charge is 2.33. The molecule has 1 saturated heterocycles. The molecule has 0 saturated carbocycles. The number of benzene rings is 2. The van der Waals surface area contributed by atoms with E-state index in [1.165, 1.54) is 31.4 Å². The third-order valence-corrected chi connectivity index (χ3v) is 5.31. The average molecular weight is 377 g/mol. The molecular formula is C18H16FNO5S. The van der Waals surface area contributed by atoms with Crippen LogP contribution >= 0.6 is 0 Å². The molecule has 1 atom stereocenters. The van der Waals surface area contributed by atoms with Crippen LogP contribution in [0.2, 0.25) is 0 Å². The quantitative estimate of drug-likeness (QED) is 0.639. The van der Waals surface area contributed by atoms with E-state index >= 15 is 0 Å². The van der Waals surface area contributed by atoms with Gasteiger partial charge < -0.3 is 9.47 Å². The van der Waals surface area contributed by atoms with Crippen molar-refractivity contribution < 1.29 is 27.1 Å². The highest BCUT2D eigenvalue weighted by atomic mass is 32.2. The number of carbonyl (C=O) groups is 1. The van der Waals surface area contributed by atoms with Gasteiger partial charge in [-0.3, -0.25) is 4.72 Å². The highest BCUT2D eigenvalue weighted by Crippen LogP contribution is 2.33. The van der Waals surface area contributed by atoms with Crippen molar-refractivity contribution in [3.63, 3.8) is 0 Å². The second kappa shape index (κ2) is 7.17. The number of esters is 1. The second-order valence-corrected chi connectivity index (χ2v) is 7.29. The van der Waals surface area contributed by atoms with E-state index in [0.29, 0.717) is 5.56 Å². The Morgan fingerprint density at radius 3 is 2.62 bits per heavy atom. The third-order valence-electron chi connectivity index (χ3n) is 3.99. The summed E-state index contributed by atoms with van der Waals surface area (Å²) in [5, 5.41) is 0. The summed E-state index contributed by atoms with van der Waals surface area (Å²) in [5.41, 5.74) is 0.591. The number of hydrogen-bond acceptors (Lipinski definition) is 5. The maximum Gasteiger partial charge on any atom is 0.336 e. The molecule has 0 aliphatic carbocycles. The van der Waals surface area contributed by atoms with Gasteiger partial charge in [-0.15, -0.1) is 0 Å². The number of hydrogen-bond donors (Lipinski definition) is 1. The Bertz CT molecular complexity index is 957. The van der Waals surface area contributed by atoms with Gasteiger partial charge in [-0.2, -0.15) is 0 Å². The minimum absolute atomic E-state index is 0.00347. The summed E-state index contributed by atoms with van der Waals surface area (Å²) in [7, 11) is -2.47. The van der Waals surface area contributed by atoms with Crippen molar-refractivity contribution in [2.45, 2.75) is 10.8 Å². The average Bonchev–Trinajstić information content (AvgIpc) is 3.01. The van der Waals surface area contributed by atoms with Crippen LogP contribution in [-0.4, -0.2) is 28.1 Å². The van der Waals surface area contributed by atoms with Gasteiger partial charge in [0.05, 0.1) is 23.5 Å². The molecule has 6 nitrogen and oxygen atoms in total. The van der Waals surface area contributed by atoms with Crippen molar-refractivity contribution in [3.8, 4) is 5.75 Å². The van der Waals surface area contributed by atoms with E-state index in [0.717, 1.165) is 6.20 Å². The summed E-state index contributed by atoms with van der Waals surface area (Å²) < 4.78 is 50.7. The van der Waals surface area contributed by atoms with Crippen molar-refractivity contribution in [1.82, 2.24) is 4.72 Å². The van der Waals surface area contributed by atoms with Crippen LogP contribution in [0.5, 0.6) is 5.75 Å². The van der Waals surface area contributed by atoms with Crippen molar-refractivity contribution >= 4 is 16.0 Å². The van der Waals surface area contributed by atoms with Crippen LogP contribution in [0.4, 0.5) is 4.39 Å². The van der Waals surface area contributed by atoms with Gasteiger partial charge >= 0.3 is 5.97 Å². The first-order chi connectivity index (χ1) is 12.4. The van der Waals surface area contributed by atoms with E-state index in [9.17, 15) is 17.6 Å². The van der Waals surface area contributed by atoms with Crippen molar-refractivity contribution in [2.24, 2.45) is 0 Å². The molecule has 0 radical (unpaired) electrons. The first-order valence-corrected chi connectivity index (χ1v) is 9.18. The van der Waals surface area contributed by atoms with Gasteiger partial charge in [0.15, 0.2) is 11.6 Å². The molecule has 26 heavy (non-hydrogen) atoms. The molecule has 1 N–H and O–H groups in total. The van der Waals surface area contributed by atoms with Crippen molar-refractivity contribution in [3.05, 3.63) is 71.7 Å². The summed E-state index contributed by atoms with van der Waals surface area (Å²) in [6.45, 7) is 0.00347. The third kappa shape index (κ3) is 3.55. The fourth-order valence-electron chi connectivity index (χ4n) is 2.62. The van der Waals surface area contributed by atoms with Crippen LogP contribution in [0.15, 0.2) is 65.2 Å². The molecule has 1 heterocycles. The number of rotatable bonds is 5. The Hall–Kier alpha value is -2.87. The van der Waals surface area contributed by atoms with E-state index in [2.05, 4.69) is 4.72 Å². The summed E-state index contributed by atoms with van der Waals surface area (Å²) in [6, 6.07) is 12.0. The predicted octanol–water partition coefficient (Wildman–Crippen LogP) is 2.34. The molecule has 136 valence electrons. The molecule has 0 aromatic heterocycles. The van der Waals surface area contributed by atoms with Crippen LogP contribution in [0.3, 0.4) is 0 Å². The zero-order chi connectivity index (χ0) is 18.7. The molecule has 3 rings (SSSR count). The molecule has 0 spiro atoms. The highest BCUT2D eigenvalue weighted by molar-refractivity contribution is 7.89. The molecule has 1 aliphatic rings. The van der Waals surface area contributed by atoms with Gasteiger partial charge in [-0.25, -0.2) is 17.6 Å². The lowest BCUT2D eigenvalue weighted by Crippen LogP contribution is -2.20. The summed E-state index contributed by atoms with van der Waals surface area (Å²) in [4.78, 5) is 12.0. The number of ether oxygens (including phenoxy) is 2. The molecule has 0 bridgehead atoms. The lowest BCUT2D eigenvalue weighted by molar-refractivity contribution is -0.135. The SMILES string of the molecule is COc1ccc(C2COC(=O)C2=CNS(=O)(=O)c2ccccc2)cc1F. The first kappa shape index (κ1) is 17.9. The minimum atomic E-state index is -3.82. The van der Waals surface area contributed by atoms with E-state index in [-0.39, 0.29) is 22.8 Å². The number of halogens is 1. The van der Waals surface area contributed by atoms with E-state index < -0.39 is 27.7 Å². The van der Waals surface area contributed by atoms with Crippen LogP contribution in [0.1, 0.15) is 11.5 Å². The normalized spacial score (nSPS) is 18.6. The van der Waals surface area contributed by atoms with Gasteiger partial charge in [0.2, 0.25) is 0 Å². The monoisotopic (exact) mass is 377 g/mol. The largest absolute Gasteiger partial charge is 0.494 e. The lowest BCUT2D eigenvalue weighted by atomic mass is 9.94. The van der Waals surface area contributed by atoms with Gasteiger partial charge in [0.1, 0.15) is 6.61 Å². The fourth-order valence-corrected chi connectivity index (χ4v) is 3.55. The van der Waals surface area contributed by atoms with Gasteiger partial charge in [0.25, 0.3) is 10.0 Å². The van der Waals surface area contributed by atoms with Crippen molar-refractivity contribution in [1.29, 1.82) is 0 Å². The molecule has 8 heteroatoms. The van der Waals surface area contributed by atoms with E-state index in [1.54, 1.807) is 24.3 Å². The zero-order valence-corrected chi connectivity index (χ0v) is 14.6. The Morgan fingerprint density at radius 1 is 1.23 bits per heavy atom. The number of sulfonamides is 1. The van der Waals surface area contributed by atoms with Gasteiger partial charge in [-0.1, -0.05) is 24.3 Å². The second-order valence-electron chi connectivity index (χ2n) is 5.58. The number of carbonyl (C=O) groups excluding carboxylic acids is 1. The zero-order valence-electron chi connectivity index (χ0n) is 13.8. The van der Waals surface area contributed by atoms with Gasteiger partial charge in [-0.05, 0) is 29.8 Å². The fraction of sp³-hybridized carbons (Fsp3) is 0.167. The Kier molecular flexibility index (Phi) is 4.94. The molecular weight excluding hydrogens is 361 g/mol. The number of nitrogens with one attached hydrogen (secondary N) is 1. The molecule has 1 aliphatic heterocycles. The predicted molar refractivity (Wildman–Crippen MR) is 91.5 cm³/mol. The number of cyclic esters (lactones) is 1. The lowest BCUT2D eigenvalue weighted by Gasteiger charge is -2.11. The molecule has 1 fully saturated rings. The Balaban J connectivity index is 1.88.